The van der Waals surface area contributed by atoms with Crippen LogP contribution >= 0.6 is 0 Å². The zero-order valence-corrected chi connectivity index (χ0v) is 15.3. The fourth-order valence-corrected chi connectivity index (χ4v) is 9.17. The van der Waals surface area contributed by atoms with Crippen LogP contribution in [0.3, 0.4) is 0 Å². The molecule has 0 aliphatic heterocycles. The molecule has 0 radical (unpaired) electrons. The first-order chi connectivity index (χ1) is 10.6. The van der Waals surface area contributed by atoms with Crippen LogP contribution in [0.2, 0.25) is 6.55 Å². The Kier molecular flexibility index (Phi) is 5.49. The molecule has 3 nitrogen and oxygen atoms in total. The van der Waals surface area contributed by atoms with Crippen molar-refractivity contribution >= 4 is 27.5 Å². The average molecular weight is 331 g/mol. The molecule has 0 aliphatic rings. The van der Waals surface area contributed by atoms with Gasteiger partial charge in [-0.3, -0.25) is 0 Å². The standard InChI is InChI=1S/C17H22O3Si2/c1-5-22(18-2,19-3)20-21(4,16-12-8-6-9-13-16)17-14-10-7-11-15-17/h5-15H,1H2,2-4H3. The van der Waals surface area contributed by atoms with E-state index >= 15 is 0 Å². The molecule has 0 atom stereocenters. The molecule has 5 heteroatoms. The molecule has 22 heavy (non-hydrogen) atoms. The predicted molar refractivity (Wildman–Crippen MR) is 94.8 cm³/mol. The first kappa shape index (κ1) is 16.9. The summed E-state index contributed by atoms with van der Waals surface area (Å²) in [5.74, 6) is 0. The van der Waals surface area contributed by atoms with Gasteiger partial charge in [-0.2, -0.15) is 0 Å². The molecule has 0 unspecified atom stereocenters. The minimum absolute atomic E-state index is 1.18. The summed E-state index contributed by atoms with van der Waals surface area (Å²) in [6, 6.07) is 20.6. The van der Waals surface area contributed by atoms with Gasteiger partial charge in [-0.25, -0.2) is 0 Å². The third-order valence-electron chi connectivity index (χ3n) is 3.81. The summed E-state index contributed by atoms with van der Waals surface area (Å²) in [7, 11) is -2.13. The lowest BCUT2D eigenvalue weighted by molar-refractivity contribution is 0.175. The van der Waals surface area contributed by atoms with Gasteiger partial charge >= 0.3 is 8.80 Å². The SMILES string of the molecule is C=C[Si](OC)(OC)O[Si](C)(c1ccccc1)c1ccccc1. The molecule has 0 saturated heterocycles. The quantitative estimate of drug-likeness (QED) is 0.730. The normalized spacial score (nSPS) is 12.1. The van der Waals surface area contributed by atoms with Gasteiger partial charge in [0.15, 0.2) is 0 Å². The third-order valence-corrected chi connectivity index (χ3v) is 11.1. The largest absolute Gasteiger partial charge is 0.518 e. The Bertz CT molecular complexity index is 558. The number of hydrogen-bond acceptors (Lipinski definition) is 3. The van der Waals surface area contributed by atoms with E-state index in [1.54, 1.807) is 19.9 Å². The Morgan fingerprint density at radius 2 is 1.23 bits per heavy atom. The van der Waals surface area contributed by atoms with Crippen molar-refractivity contribution in [2.45, 2.75) is 6.55 Å². The zero-order valence-electron chi connectivity index (χ0n) is 13.3. The van der Waals surface area contributed by atoms with E-state index in [4.69, 9.17) is 13.0 Å². The van der Waals surface area contributed by atoms with Gasteiger partial charge in [-0.1, -0.05) is 67.2 Å². The van der Waals surface area contributed by atoms with Crippen LogP contribution in [0.1, 0.15) is 0 Å². The molecular formula is C17H22O3Si2. The van der Waals surface area contributed by atoms with Gasteiger partial charge in [0.1, 0.15) is 0 Å². The lowest BCUT2D eigenvalue weighted by Crippen LogP contribution is -2.65. The second-order valence-electron chi connectivity index (χ2n) is 5.08. The first-order valence-electron chi connectivity index (χ1n) is 7.15. The predicted octanol–water partition coefficient (Wildman–Crippen LogP) is 2.35. The van der Waals surface area contributed by atoms with Gasteiger partial charge in [-0.15, -0.1) is 0 Å². The second kappa shape index (κ2) is 7.17. The van der Waals surface area contributed by atoms with Gasteiger partial charge < -0.3 is 13.0 Å². The van der Waals surface area contributed by atoms with Crippen LogP contribution in [-0.2, 0) is 13.0 Å². The summed E-state index contributed by atoms with van der Waals surface area (Å²) < 4.78 is 17.7. The maximum atomic E-state index is 6.56. The molecule has 0 aromatic heterocycles. The van der Waals surface area contributed by atoms with Gasteiger partial charge in [-0.05, 0) is 22.6 Å². The average Bonchev–Trinajstić information content (AvgIpc) is 2.61. The topological polar surface area (TPSA) is 27.7 Å². The molecule has 2 rings (SSSR count). The molecule has 0 spiro atoms. The van der Waals surface area contributed by atoms with E-state index in [1.165, 1.54) is 10.4 Å². The van der Waals surface area contributed by atoms with E-state index in [1.807, 2.05) is 36.4 Å². The fourth-order valence-electron chi connectivity index (χ4n) is 2.46. The highest BCUT2D eigenvalue weighted by Gasteiger charge is 2.46. The minimum atomic E-state index is -2.89. The van der Waals surface area contributed by atoms with Gasteiger partial charge in [0.2, 0.25) is 8.32 Å². The molecule has 0 N–H and O–H groups in total. The molecular weight excluding hydrogens is 308 g/mol. The van der Waals surface area contributed by atoms with Crippen LogP contribution in [0.4, 0.5) is 0 Å². The van der Waals surface area contributed by atoms with Gasteiger partial charge in [0.05, 0.1) is 0 Å². The van der Waals surface area contributed by atoms with E-state index in [-0.39, 0.29) is 0 Å². The lowest BCUT2D eigenvalue weighted by Gasteiger charge is -2.36. The fraction of sp³-hybridized carbons (Fsp3) is 0.176. The summed E-state index contributed by atoms with van der Waals surface area (Å²) in [6.07, 6.45) is 0. The first-order valence-corrected chi connectivity index (χ1v) is 11.4. The second-order valence-corrected chi connectivity index (χ2v) is 11.6. The maximum Gasteiger partial charge on any atom is 0.518 e. The van der Waals surface area contributed by atoms with Crippen molar-refractivity contribution in [3.63, 3.8) is 0 Å². The van der Waals surface area contributed by atoms with Crippen molar-refractivity contribution in [2.75, 3.05) is 14.2 Å². The van der Waals surface area contributed by atoms with E-state index in [0.717, 1.165) is 0 Å². The Labute approximate surface area is 134 Å². The third kappa shape index (κ3) is 3.29. The Hall–Kier alpha value is -1.51. The summed E-state index contributed by atoms with van der Waals surface area (Å²) >= 11 is 0. The molecule has 2 aromatic rings. The summed E-state index contributed by atoms with van der Waals surface area (Å²) in [5, 5.41) is 2.35. The summed E-state index contributed by atoms with van der Waals surface area (Å²) in [6.45, 7) is 6.02. The lowest BCUT2D eigenvalue weighted by atomic mass is 10.4. The molecule has 0 amide bonds. The monoisotopic (exact) mass is 330 g/mol. The highest BCUT2D eigenvalue weighted by atomic mass is 28.5. The molecule has 2 aromatic carbocycles. The molecule has 116 valence electrons. The minimum Gasteiger partial charge on any atom is -0.404 e. The summed E-state index contributed by atoms with van der Waals surface area (Å²) in [5.41, 5.74) is 1.68. The smallest absolute Gasteiger partial charge is 0.404 e. The highest BCUT2D eigenvalue weighted by Crippen LogP contribution is 2.17. The van der Waals surface area contributed by atoms with Crippen molar-refractivity contribution in [3.05, 3.63) is 72.9 Å². The van der Waals surface area contributed by atoms with Crippen LogP contribution in [0.15, 0.2) is 72.9 Å². The zero-order chi connectivity index (χ0) is 16.1. The number of rotatable bonds is 7. The van der Waals surface area contributed by atoms with Crippen LogP contribution in [-0.4, -0.2) is 31.3 Å². The molecule has 0 bridgehead atoms. The van der Waals surface area contributed by atoms with Crippen molar-refractivity contribution in [1.82, 2.24) is 0 Å². The highest BCUT2D eigenvalue weighted by molar-refractivity contribution is 7.00. The Balaban J connectivity index is 2.54. The van der Waals surface area contributed by atoms with E-state index in [2.05, 4.69) is 37.4 Å². The van der Waals surface area contributed by atoms with E-state index in [9.17, 15) is 0 Å². The Morgan fingerprint density at radius 3 is 1.55 bits per heavy atom. The van der Waals surface area contributed by atoms with Crippen LogP contribution < -0.4 is 10.4 Å². The number of benzene rings is 2. The van der Waals surface area contributed by atoms with E-state index in [0.29, 0.717) is 0 Å². The van der Waals surface area contributed by atoms with Crippen molar-refractivity contribution < 1.29 is 13.0 Å². The molecule has 0 saturated carbocycles. The van der Waals surface area contributed by atoms with Gasteiger partial charge in [0.25, 0.3) is 0 Å². The Morgan fingerprint density at radius 1 is 0.818 bits per heavy atom. The van der Waals surface area contributed by atoms with Crippen LogP contribution in [0, 0.1) is 0 Å². The molecule has 0 heterocycles. The van der Waals surface area contributed by atoms with Crippen molar-refractivity contribution in [1.29, 1.82) is 0 Å². The molecule has 0 aliphatic carbocycles. The van der Waals surface area contributed by atoms with Crippen LogP contribution in [0.25, 0.3) is 0 Å². The van der Waals surface area contributed by atoms with E-state index < -0.39 is 17.1 Å². The van der Waals surface area contributed by atoms with Crippen molar-refractivity contribution in [2.24, 2.45) is 0 Å². The maximum absolute atomic E-state index is 6.56. The van der Waals surface area contributed by atoms with Crippen LogP contribution in [0.5, 0.6) is 0 Å². The van der Waals surface area contributed by atoms with Crippen molar-refractivity contribution in [3.8, 4) is 0 Å². The molecule has 0 fully saturated rings. The van der Waals surface area contributed by atoms with Gasteiger partial charge in [0, 0.05) is 14.2 Å². The number of hydrogen-bond donors (Lipinski definition) is 0. The summed E-state index contributed by atoms with van der Waals surface area (Å²) in [4.78, 5) is 0.